The second-order valence-electron chi connectivity index (χ2n) is 8.29. The van der Waals surface area contributed by atoms with Crippen LogP contribution in [0.5, 0.6) is 0 Å². The molecule has 9 heteroatoms. The summed E-state index contributed by atoms with van der Waals surface area (Å²) in [5, 5.41) is 4.00. The van der Waals surface area contributed by atoms with E-state index >= 15 is 0 Å². The summed E-state index contributed by atoms with van der Waals surface area (Å²) in [4.78, 5) is 30.1. The third kappa shape index (κ3) is 4.41. The number of amides is 2. The largest absolute Gasteiger partial charge is 0.346 e. The highest BCUT2D eigenvalue weighted by Gasteiger charge is 2.39. The number of rotatable bonds is 7. The zero-order valence-corrected chi connectivity index (χ0v) is 19.5. The van der Waals surface area contributed by atoms with Crippen LogP contribution >= 0.6 is 11.6 Å². The van der Waals surface area contributed by atoms with Gasteiger partial charge in [-0.05, 0) is 50.1 Å². The van der Waals surface area contributed by atoms with Crippen LogP contribution in [0.1, 0.15) is 39.4 Å². The molecule has 0 radical (unpaired) electrons. The minimum Gasteiger partial charge on any atom is -0.346 e. The highest BCUT2D eigenvalue weighted by Crippen LogP contribution is 2.28. The van der Waals surface area contributed by atoms with E-state index in [4.69, 9.17) is 11.6 Å². The fourth-order valence-electron chi connectivity index (χ4n) is 3.86. The molecule has 2 atom stereocenters. The van der Waals surface area contributed by atoms with Crippen LogP contribution in [0.25, 0.3) is 5.69 Å². The molecule has 2 amide bonds. The summed E-state index contributed by atoms with van der Waals surface area (Å²) in [6, 6.07) is 9.32. The lowest BCUT2D eigenvalue weighted by Gasteiger charge is -2.25. The van der Waals surface area contributed by atoms with Crippen LogP contribution in [-0.2, 0) is 0 Å². The van der Waals surface area contributed by atoms with Gasteiger partial charge in [0.05, 0.1) is 24.1 Å². The highest BCUT2D eigenvalue weighted by atomic mass is 35.5. The van der Waals surface area contributed by atoms with E-state index in [1.807, 2.05) is 53.8 Å². The number of likely N-dealkylation sites (N-methyl/N-ethyl adjacent to an activating group) is 1. The maximum Gasteiger partial charge on any atom is 0.326 e. The number of carbonyl (C=O) groups excluding carboxylic acids is 1. The van der Waals surface area contributed by atoms with Gasteiger partial charge in [0, 0.05) is 36.2 Å². The molecular weight excluding hydrogens is 426 g/mol. The molecule has 1 saturated heterocycles. The average Bonchev–Trinajstić information content (AvgIpc) is 3.39. The molecule has 3 aromatic rings. The molecule has 0 aliphatic carbocycles. The number of nitrogens with zero attached hydrogens (tertiary/aromatic N) is 6. The molecule has 0 saturated carbocycles. The second-order valence-corrected chi connectivity index (χ2v) is 8.73. The number of urea groups is 1. The minimum absolute atomic E-state index is 0.00870. The van der Waals surface area contributed by atoms with Crippen LogP contribution in [-0.4, -0.2) is 49.6 Å². The molecule has 0 spiro atoms. The fraction of sp³-hybridized carbons (Fsp3) is 0.391. The summed E-state index contributed by atoms with van der Waals surface area (Å²) in [6.07, 6.45) is 5.41. The Morgan fingerprint density at radius 1 is 1.16 bits per heavy atom. The normalized spacial score (nSPS) is 17.3. The molecule has 2 aromatic heterocycles. The summed E-state index contributed by atoms with van der Waals surface area (Å²) in [7, 11) is 0. The van der Waals surface area contributed by atoms with Crippen LogP contribution in [0.3, 0.4) is 0 Å². The second kappa shape index (κ2) is 9.16. The Labute approximate surface area is 193 Å². The number of nitrogens with one attached hydrogen (secondary N) is 1. The minimum atomic E-state index is -0.124. The number of hydrogen-bond donors (Lipinski definition) is 1. The third-order valence-electron chi connectivity index (χ3n) is 5.77. The Kier molecular flexibility index (Phi) is 6.32. The lowest BCUT2D eigenvalue weighted by atomic mass is 10.0. The van der Waals surface area contributed by atoms with Crippen LogP contribution in [0, 0.1) is 5.92 Å². The number of benzene rings is 1. The predicted octanol–water partition coefficient (Wildman–Crippen LogP) is 4.78. The zero-order valence-electron chi connectivity index (χ0n) is 18.7. The van der Waals surface area contributed by atoms with E-state index in [0.29, 0.717) is 35.8 Å². The van der Waals surface area contributed by atoms with Crippen LogP contribution in [0.4, 0.5) is 16.6 Å². The first-order chi connectivity index (χ1) is 15.4. The predicted molar refractivity (Wildman–Crippen MR) is 126 cm³/mol. The van der Waals surface area contributed by atoms with Crippen molar-refractivity contribution >= 4 is 29.4 Å². The van der Waals surface area contributed by atoms with Gasteiger partial charge in [-0.3, -0.25) is 4.90 Å². The summed E-state index contributed by atoms with van der Waals surface area (Å²) in [6.45, 7) is 9.64. The van der Waals surface area contributed by atoms with Crippen molar-refractivity contribution in [1.82, 2.24) is 24.4 Å². The molecule has 0 bridgehead atoms. The van der Waals surface area contributed by atoms with Crippen molar-refractivity contribution in [1.29, 1.82) is 0 Å². The molecule has 3 heterocycles. The van der Waals surface area contributed by atoms with E-state index in [9.17, 15) is 4.79 Å². The molecule has 1 aromatic carbocycles. The molecule has 1 aliphatic heterocycles. The summed E-state index contributed by atoms with van der Waals surface area (Å²) in [5.41, 5.74) is 1.83. The van der Waals surface area contributed by atoms with E-state index in [1.54, 1.807) is 23.5 Å². The summed E-state index contributed by atoms with van der Waals surface area (Å²) >= 11 is 5.98. The first-order valence-electron chi connectivity index (χ1n) is 10.8. The molecular formula is C23H28ClN7O. The first-order valence-corrected chi connectivity index (χ1v) is 11.2. The van der Waals surface area contributed by atoms with Gasteiger partial charge in [-0.15, -0.1) is 0 Å². The molecule has 8 nitrogen and oxygen atoms in total. The number of halogens is 1. The van der Waals surface area contributed by atoms with Crippen molar-refractivity contribution in [3.8, 4) is 5.69 Å². The molecule has 1 N–H and O–H groups in total. The van der Waals surface area contributed by atoms with Crippen LogP contribution < -0.4 is 10.2 Å². The van der Waals surface area contributed by atoms with Gasteiger partial charge < -0.3 is 14.8 Å². The summed E-state index contributed by atoms with van der Waals surface area (Å²) < 4.78 is 1.94. The van der Waals surface area contributed by atoms with Crippen molar-refractivity contribution in [2.75, 3.05) is 23.3 Å². The third-order valence-corrected chi connectivity index (χ3v) is 6.02. The van der Waals surface area contributed by atoms with Crippen molar-refractivity contribution < 1.29 is 4.79 Å². The molecule has 1 fully saturated rings. The monoisotopic (exact) mass is 453 g/mol. The van der Waals surface area contributed by atoms with Gasteiger partial charge in [0.2, 0.25) is 5.95 Å². The van der Waals surface area contributed by atoms with E-state index in [-0.39, 0.29) is 18.1 Å². The van der Waals surface area contributed by atoms with Crippen molar-refractivity contribution in [3.63, 3.8) is 0 Å². The van der Waals surface area contributed by atoms with Crippen molar-refractivity contribution in [2.45, 2.75) is 39.8 Å². The van der Waals surface area contributed by atoms with Gasteiger partial charge >= 0.3 is 6.03 Å². The van der Waals surface area contributed by atoms with Gasteiger partial charge in [-0.25, -0.2) is 14.8 Å². The SMILES string of the molecule is CCN1C[C@H](C(C)C)N(c2ccnc(N[C@@H](C)c3cn(-c4ccc(Cl)cc4)cn3)n2)C1=O. The summed E-state index contributed by atoms with van der Waals surface area (Å²) in [5.74, 6) is 1.39. The number of imidazole rings is 1. The maximum absolute atomic E-state index is 12.9. The number of anilines is 2. The molecule has 0 unspecified atom stereocenters. The Balaban J connectivity index is 1.52. The van der Waals surface area contributed by atoms with Gasteiger partial charge in [0.15, 0.2) is 0 Å². The molecule has 1 aliphatic rings. The van der Waals surface area contributed by atoms with Crippen LogP contribution in [0.2, 0.25) is 5.02 Å². The number of carbonyl (C=O) groups is 1. The Morgan fingerprint density at radius 2 is 1.91 bits per heavy atom. The van der Waals surface area contributed by atoms with Gasteiger partial charge in [-0.1, -0.05) is 25.4 Å². The Morgan fingerprint density at radius 3 is 2.59 bits per heavy atom. The lowest BCUT2D eigenvalue weighted by molar-refractivity contribution is 0.222. The standard InChI is InChI=1S/C23H28ClN7O/c1-5-29-13-20(15(2)3)31(23(29)32)21-10-11-25-22(28-21)27-16(4)19-12-30(14-26-19)18-8-6-17(24)7-9-18/h6-12,14-16,20H,5,13H2,1-4H3,(H,25,27,28)/t16-,20+/m0/s1. The van der Waals surface area contributed by atoms with Crippen molar-refractivity contribution in [2.24, 2.45) is 5.92 Å². The fourth-order valence-corrected chi connectivity index (χ4v) is 3.98. The van der Waals surface area contributed by atoms with Gasteiger partial charge in [0.25, 0.3) is 0 Å². The van der Waals surface area contributed by atoms with Gasteiger partial charge in [-0.2, -0.15) is 4.98 Å². The Bertz CT molecular complexity index is 1080. The van der Waals surface area contributed by atoms with E-state index in [1.165, 1.54) is 0 Å². The smallest absolute Gasteiger partial charge is 0.326 e. The van der Waals surface area contributed by atoms with Gasteiger partial charge in [0.1, 0.15) is 5.82 Å². The lowest BCUT2D eigenvalue weighted by Crippen LogP contribution is -2.38. The van der Waals surface area contributed by atoms with Crippen molar-refractivity contribution in [3.05, 3.63) is 59.8 Å². The zero-order chi connectivity index (χ0) is 22.8. The average molecular weight is 454 g/mol. The van der Waals surface area contributed by atoms with Crippen LogP contribution in [0.15, 0.2) is 49.1 Å². The quantitative estimate of drug-likeness (QED) is 0.557. The molecule has 32 heavy (non-hydrogen) atoms. The maximum atomic E-state index is 12.9. The van der Waals surface area contributed by atoms with E-state index < -0.39 is 0 Å². The van der Waals surface area contributed by atoms with E-state index in [0.717, 1.165) is 11.4 Å². The van der Waals surface area contributed by atoms with E-state index in [2.05, 4.69) is 34.1 Å². The number of hydrogen-bond acceptors (Lipinski definition) is 5. The number of aromatic nitrogens is 4. The first kappa shape index (κ1) is 22.1. The molecule has 168 valence electrons. The molecule has 4 rings (SSSR count). The highest BCUT2D eigenvalue weighted by molar-refractivity contribution is 6.30. The Hall–Kier alpha value is -3.13. The topological polar surface area (TPSA) is 79.2 Å².